The molecular formula is C10H21OP. The van der Waals surface area contributed by atoms with E-state index in [0.717, 1.165) is 12.8 Å². The lowest BCUT2D eigenvalue weighted by Crippen LogP contribution is -1.98. The van der Waals surface area contributed by atoms with Crippen molar-refractivity contribution in [3.63, 3.8) is 0 Å². The molecule has 0 spiro atoms. The van der Waals surface area contributed by atoms with Gasteiger partial charge in [0.25, 0.3) is 0 Å². The fourth-order valence-electron chi connectivity index (χ4n) is 1.32. The molecule has 0 fully saturated rings. The minimum absolute atomic E-state index is 0.365. The van der Waals surface area contributed by atoms with Gasteiger partial charge in [0, 0.05) is 5.66 Å². The summed E-state index contributed by atoms with van der Waals surface area (Å²) in [6, 6.07) is 0. The van der Waals surface area contributed by atoms with Crippen molar-refractivity contribution in [1.29, 1.82) is 0 Å². The van der Waals surface area contributed by atoms with Crippen LogP contribution >= 0.6 is 8.46 Å². The van der Waals surface area contributed by atoms with E-state index >= 15 is 0 Å². The zero-order valence-electron chi connectivity index (χ0n) is 8.38. The van der Waals surface area contributed by atoms with Gasteiger partial charge in [-0.3, -0.25) is 4.57 Å². The Morgan fingerprint density at radius 3 is 2.08 bits per heavy atom. The van der Waals surface area contributed by atoms with Crippen molar-refractivity contribution >= 4 is 8.46 Å². The van der Waals surface area contributed by atoms with Crippen molar-refractivity contribution in [3.05, 3.63) is 0 Å². The van der Waals surface area contributed by atoms with Gasteiger partial charge in [0.1, 0.15) is 0 Å². The zero-order valence-corrected chi connectivity index (χ0v) is 9.28. The van der Waals surface area contributed by atoms with E-state index in [1.807, 2.05) is 0 Å². The first-order valence-electron chi connectivity index (χ1n) is 5.17. The fourth-order valence-corrected chi connectivity index (χ4v) is 1.90. The van der Waals surface area contributed by atoms with Crippen LogP contribution in [0.15, 0.2) is 0 Å². The molecule has 0 aromatic carbocycles. The van der Waals surface area contributed by atoms with Gasteiger partial charge >= 0.3 is 0 Å². The van der Waals surface area contributed by atoms with Crippen LogP contribution in [0.5, 0.6) is 0 Å². The van der Waals surface area contributed by atoms with Gasteiger partial charge in [-0.2, -0.15) is 0 Å². The average Bonchev–Trinajstić information content (AvgIpc) is 2.11. The molecule has 0 saturated carbocycles. The van der Waals surface area contributed by atoms with E-state index < -0.39 is 0 Å². The summed E-state index contributed by atoms with van der Waals surface area (Å²) in [4.78, 5) is 0. The molecule has 0 aromatic rings. The number of hydrogen-bond acceptors (Lipinski definition) is 1. The highest BCUT2D eigenvalue weighted by atomic mass is 31.1. The second kappa shape index (κ2) is 9.19. The van der Waals surface area contributed by atoms with E-state index in [0.29, 0.717) is 14.1 Å². The van der Waals surface area contributed by atoms with Crippen molar-refractivity contribution in [3.8, 4) is 0 Å². The van der Waals surface area contributed by atoms with Crippen LogP contribution in [0.3, 0.4) is 0 Å². The van der Waals surface area contributed by atoms with Crippen LogP contribution < -0.4 is 0 Å². The van der Waals surface area contributed by atoms with Crippen LogP contribution in [0.1, 0.15) is 58.8 Å². The van der Waals surface area contributed by atoms with E-state index in [4.69, 9.17) is 0 Å². The lowest BCUT2D eigenvalue weighted by Gasteiger charge is -2.06. The predicted octanol–water partition coefficient (Wildman–Crippen LogP) is 4.42. The molecule has 0 saturated heterocycles. The molecule has 0 aliphatic carbocycles. The van der Waals surface area contributed by atoms with Gasteiger partial charge in [-0.15, -0.1) is 0 Å². The van der Waals surface area contributed by atoms with Gasteiger partial charge in [-0.05, 0) is 12.8 Å². The van der Waals surface area contributed by atoms with E-state index in [9.17, 15) is 4.57 Å². The predicted molar refractivity (Wildman–Crippen MR) is 55.1 cm³/mol. The molecule has 72 valence electrons. The van der Waals surface area contributed by atoms with Crippen LogP contribution in [0.25, 0.3) is 0 Å². The van der Waals surface area contributed by atoms with Gasteiger partial charge in [-0.1, -0.05) is 46.0 Å². The van der Waals surface area contributed by atoms with Crippen molar-refractivity contribution in [2.75, 3.05) is 0 Å². The Morgan fingerprint density at radius 2 is 1.58 bits per heavy atom. The molecule has 0 aliphatic heterocycles. The molecule has 0 bridgehead atoms. The number of unbranched alkanes of at least 4 members (excludes halogenated alkanes) is 3. The monoisotopic (exact) mass is 188 g/mol. The first kappa shape index (κ1) is 12.1. The third-order valence-electron chi connectivity index (χ3n) is 2.18. The summed E-state index contributed by atoms with van der Waals surface area (Å²) < 4.78 is 10.7. The van der Waals surface area contributed by atoms with E-state index in [2.05, 4.69) is 13.8 Å². The van der Waals surface area contributed by atoms with Gasteiger partial charge in [0.2, 0.25) is 0 Å². The number of rotatable bonds is 8. The second-order valence-electron chi connectivity index (χ2n) is 3.40. The third-order valence-corrected chi connectivity index (χ3v) is 3.00. The van der Waals surface area contributed by atoms with E-state index in [1.165, 1.54) is 32.1 Å². The fraction of sp³-hybridized carbons (Fsp3) is 1.00. The molecule has 0 aromatic heterocycles. The first-order chi connectivity index (χ1) is 5.85. The Labute approximate surface area is 78.1 Å². The molecule has 0 rings (SSSR count). The molecule has 0 aliphatic rings. The maximum atomic E-state index is 10.7. The average molecular weight is 188 g/mol. The minimum Gasteiger partial charge on any atom is -0.275 e. The Bertz CT molecular complexity index is 104. The van der Waals surface area contributed by atoms with E-state index in [1.54, 1.807) is 0 Å². The Balaban J connectivity index is 3.32. The molecule has 0 amide bonds. The molecule has 1 nitrogen and oxygen atoms in total. The Kier molecular flexibility index (Phi) is 9.27. The molecule has 12 heavy (non-hydrogen) atoms. The smallest absolute Gasteiger partial charge is 0.158 e. The molecule has 0 N–H and O–H groups in total. The topological polar surface area (TPSA) is 17.1 Å². The summed E-state index contributed by atoms with van der Waals surface area (Å²) >= 11 is 0. The summed E-state index contributed by atoms with van der Waals surface area (Å²) in [5.74, 6) is 0. The quantitative estimate of drug-likeness (QED) is 0.407. The summed E-state index contributed by atoms with van der Waals surface area (Å²) in [6.07, 6.45) is 8.55. The second-order valence-corrected chi connectivity index (χ2v) is 4.34. The highest BCUT2D eigenvalue weighted by Crippen LogP contribution is 2.20. The van der Waals surface area contributed by atoms with Gasteiger partial charge in [-0.25, -0.2) is 0 Å². The Morgan fingerprint density at radius 1 is 1.00 bits per heavy atom. The zero-order chi connectivity index (χ0) is 9.23. The van der Waals surface area contributed by atoms with Gasteiger partial charge in [0.15, 0.2) is 8.46 Å². The molecule has 0 heterocycles. The van der Waals surface area contributed by atoms with Crippen LogP contribution in [-0.4, -0.2) is 5.66 Å². The standard InChI is InChI=1S/C10H21OP/c1-3-5-7-9-10(12-11)8-6-4-2/h10H,3-9H2,1-2H3. The Hall–Kier alpha value is 0.100. The minimum atomic E-state index is 0.365. The van der Waals surface area contributed by atoms with Crippen molar-refractivity contribution in [2.45, 2.75) is 64.5 Å². The molecular weight excluding hydrogens is 167 g/mol. The number of hydrogen-bond donors (Lipinski definition) is 0. The molecule has 1 atom stereocenters. The van der Waals surface area contributed by atoms with Crippen LogP contribution in [0.2, 0.25) is 0 Å². The largest absolute Gasteiger partial charge is 0.275 e. The first-order valence-corrected chi connectivity index (χ1v) is 6.05. The lowest BCUT2D eigenvalue weighted by atomic mass is 10.1. The van der Waals surface area contributed by atoms with Crippen LogP contribution in [-0.2, 0) is 4.57 Å². The van der Waals surface area contributed by atoms with Crippen molar-refractivity contribution in [2.24, 2.45) is 0 Å². The van der Waals surface area contributed by atoms with E-state index in [-0.39, 0.29) is 0 Å². The maximum absolute atomic E-state index is 10.7. The highest BCUT2D eigenvalue weighted by Gasteiger charge is 2.06. The molecule has 1 unspecified atom stereocenters. The third kappa shape index (κ3) is 6.79. The lowest BCUT2D eigenvalue weighted by molar-refractivity contribution is 0.554. The summed E-state index contributed by atoms with van der Waals surface area (Å²) in [6.45, 7) is 4.39. The molecule has 2 heteroatoms. The molecule has 0 radical (unpaired) electrons. The summed E-state index contributed by atoms with van der Waals surface area (Å²) in [7, 11) is 0.365. The highest BCUT2D eigenvalue weighted by molar-refractivity contribution is 7.24. The SMILES string of the molecule is CCCCCC(CCCC)P=O. The summed E-state index contributed by atoms with van der Waals surface area (Å²) in [5, 5.41) is 0. The summed E-state index contributed by atoms with van der Waals surface area (Å²) in [5.41, 5.74) is 0.441. The normalized spacial score (nSPS) is 13.5. The van der Waals surface area contributed by atoms with Crippen molar-refractivity contribution < 1.29 is 4.57 Å². The van der Waals surface area contributed by atoms with Gasteiger partial charge in [0.05, 0.1) is 0 Å². The van der Waals surface area contributed by atoms with Gasteiger partial charge < -0.3 is 0 Å². The maximum Gasteiger partial charge on any atom is 0.158 e. The van der Waals surface area contributed by atoms with Crippen molar-refractivity contribution in [1.82, 2.24) is 0 Å². The van der Waals surface area contributed by atoms with Crippen LogP contribution in [0.4, 0.5) is 0 Å². The van der Waals surface area contributed by atoms with Crippen LogP contribution in [0, 0.1) is 0 Å².